The van der Waals surface area contributed by atoms with Crippen LogP contribution >= 0.6 is 11.8 Å². The molecule has 4 bridgehead atoms. The quantitative estimate of drug-likeness (QED) is 0.722. The highest BCUT2D eigenvalue weighted by Gasteiger charge is 2.55. The summed E-state index contributed by atoms with van der Waals surface area (Å²) in [4.78, 5) is 13.4. The number of carbonyl (C=O) groups is 1. The first kappa shape index (κ1) is 16.5. The van der Waals surface area contributed by atoms with Gasteiger partial charge in [-0.25, -0.2) is 4.68 Å². The molecule has 1 atom stereocenters. The Morgan fingerprint density at radius 3 is 2.62 bits per heavy atom. The van der Waals surface area contributed by atoms with Crippen LogP contribution in [0.2, 0.25) is 0 Å². The Hall–Kier alpha value is -1.63. The topological polar surface area (TPSA) is 73.8 Å². The van der Waals surface area contributed by atoms with Gasteiger partial charge in [0.05, 0.1) is 11.5 Å². The van der Waals surface area contributed by atoms with Crippen LogP contribution in [0, 0.1) is 23.2 Å². The number of rotatable bonds is 6. The van der Waals surface area contributed by atoms with Gasteiger partial charge in [-0.1, -0.05) is 11.8 Å². The maximum Gasteiger partial charge on any atom is 0.210 e. The van der Waals surface area contributed by atoms with Crippen LogP contribution in [0.1, 0.15) is 51.2 Å². The van der Waals surface area contributed by atoms with Crippen molar-refractivity contribution in [2.75, 3.05) is 0 Å². The van der Waals surface area contributed by atoms with E-state index in [0.29, 0.717) is 17.5 Å². The lowest BCUT2D eigenvalue weighted by Crippen LogP contribution is -2.51. The van der Waals surface area contributed by atoms with E-state index in [1.54, 1.807) is 10.9 Å². The SMILES string of the molecule is C[C@@H](Sc1nnnn1Cc1ccco1)C(=O)C12CC3CC(CC(C3)C1)C2. The predicted molar refractivity (Wildman–Crippen MR) is 96.6 cm³/mol. The summed E-state index contributed by atoms with van der Waals surface area (Å²) in [7, 11) is 0. The third kappa shape index (κ3) is 2.80. The predicted octanol–water partition coefficient (Wildman–Crippen LogP) is 3.58. The molecule has 4 aliphatic carbocycles. The van der Waals surface area contributed by atoms with Crippen molar-refractivity contribution in [3.63, 3.8) is 0 Å². The van der Waals surface area contributed by atoms with Crippen LogP contribution in [0.5, 0.6) is 0 Å². The minimum atomic E-state index is -0.118. The molecule has 0 unspecified atom stereocenters. The lowest BCUT2D eigenvalue weighted by atomic mass is 9.48. The number of ketones is 1. The maximum absolute atomic E-state index is 13.4. The molecule has 6 rings (SSSR count). The average Bonchev–Trinajstić information content (AvgIpc) is 3.26. The number of carbonyl (C=O) groups excluding carboxylic acids is 1. The van der Waals surface area contributed by atoms with E-state index in [1.165, 1.54) is 31.0 Å². The Balaban J connectivity index is 1.31. The number of furan rings is 1. The van der Waals surface area contributed by atoms with E-state index in [1.807, 2.05) is 19.1 Å². The molecule has 2 aromatic heterocycles. The second-order valence-corrected chi connectivity index (χ2v) is 9.83. The van der Waals surface area contributed by atoms with Gasteiger partial charge in [-0.3, -0.25) is 4.79 Å². The van der Waals surface area contributed by atoms with Gasteiger partial charge in [0, 0.05) is 5.41 Å². The van der Waals surface area contributed by atoms with Crippen LogP contribution in [0.4, 0.5) is 0 Å². The fraction of sp³-hybridized carbons (Fsp3) is 0.684. The minimum Gasteiger partial charge on any atom is -0.467 e. The Labute approximate surface area is 157 Å². The van der Waals surface area contributed by atoms with Crippen molar-refractivity contribution < 1.29 is 9.21 Å². The lowest BCUT2D eigenvalue weighted by molar-refractivity contribution is -0.142. The van der Waals surface area contributed by atoms with E-state index in [-0.39, 0.29) is 10.7 Å². The van der Waals surface area contributed by atoms with Crippen LogP contribution in [-0.2, 0) is 11.3 Å². The van der Waals surface area contributed by atoms with E-state index in [0.717, 1.165) is 42.8 Å². The Bertz CT molecular complexity index is 765. The van der Waals surface area contributed by atoms with E-state index in [4.69, 9.17) is 4.42 Å². The van der Waals surface area contributed by atoms with E-state index in [2.05, 4.69) is 15.5 Å². The van der Waals surface area contributed by atoms with Gasteiger partial charge in [0.25, 0.3) is 0 Å². The fourth-order valence-electron chi connectivity index (χ4n) is 5.99. The largest absolute Gasteiger partial charge is 0.467 e. The molecule has 26 heavy (non-hydrogen) atoms. The number of nitrogens with zero attached hydrogens (tertiary/aromatic N) is 4. The van der Waals surface area contributed by atoms with Crippen molar-refractivity contribution in [1.82, 2.24) is 20.2 Å². The second-order valence-electron chi connectivity index (χ2n) is 8.52. The molecule has 0 amide bonds. The van der Waals surface area contributed by atoms with Crippen molar-refractivity contribution in [3.05, 3.63) is 24.2 Å². The van der Waals surface area contributed by atoms with Crippen molar-refractivity contribution in [1.29, 1.82) is 0 Å². The van der Waals surface area contributed by atoms with Crippen LogP contribution in [0.15, 0.2) is 28.0 Å². The summed E-state index contributed by atoms with van der Waals surface area (Å²) in [6.07, 6.45) is 9.05. The molecule has 7 heteroatoms. The van der Waals surface area contributed by atoms with Gasteiger partial charge in [0.15, 0.2) is 5.78 Å². The first-order valence-corrected chi connectivity index (χ1v) is 10.5. The van der Waals surface area contributed by atoms with E-state index in [9.17, 15) is 4.79 Å². The Kier molecular flexibility index (Phi) is 3.95. The van der Waals surface area contributed by atoms with Crippen LogP contribution in [0.3, 0.4) is 0 Å². The molecule has 0 saturated heterocycles. The highest BCUT2D eigenvalue weighted by atomic mass is 32.2. The van der Waals surface area contributed by atoms with Gasteiger partial charge in [-0.05, 0) is 85.8 Å². The van der Waals surface area contributed by atoms with Gasteiger partial charge < -0.3 is 4.42 Å². The van der Waals surface area contributed by atoms with Gasteiger partial charge in [-0.2, -0.15) is 0 Å². The summed E-state index contributed by atoms with van der Waals surface area (Å²) in [6, 6.07) is 3.76. The number of aromatic nitrogens is 4. The second kappa shape index (κ2) is 6.22. The molecule has 138 valence electrons. The monoisotopic (exact) mass is 372 g/mol. The molecule has 6 nitrogen and oxygen atoms in total. The van der Waals surface area contributed by atoms with E-state index < -0.39 is 0 Å². The van der Waals surface area contributed by atoms with Gasteiger partial charge in [0.1, 0.15) is 12.3 Å². The lowest BCUT2D eigenvalue weighted by Gasteiger charge is -2.56. The van der Waals surface area contributed by atoms with Crippen molar-refractivity contribution in [3.8, 4) is 0 Å². The molecule has 4 saturated carbocycles. The number of Topliss-reactive ketones (excluding diaryl/α,β-unsaturated/α-hetero) is 1. The van der Waals surface area contributed by atoms with Gasteiger partial charge >= 0.3 is 0 Å². The first-order valence-electron chi connectivity index (χ1n) is 9.61. The summed E-state index contributed by atoms with van der Waals surface area (Å²) < 4.78 is 7.10. The molecular formula is C19H24N4O2S. The van der Waals surface area contributed by atoms with Gasteiger partial charge in [0.2, 0.25) is 5.16 Å². The molecule has 0 spiro atoms. The molecule has 2 heterocycles. The van der Waals surface area contributed by atoms with Crippen LogP contribution in [0.25, 0.3) is 0 Å². The van der Waals surface area contributed by atoms with Crippen LogP contribution in [-0.4, -0.2) is 31.2 Å². The van der Waals surface area contributed by atoms with Crippen LogP contribution < -0.4 is 0 Å². The average molecular weight is 372 g/mol. The standard InChI is InChI=1S/C19H24N4O2S/c1-12(26-18-20-21-22-23(18)11-16-3-2-4-25-16)17(24)19-8-13-5-14(9-19)7-15(6-13)10-19/h2-4,12-15H,5-11H2,1H3/t12-,13?,14?,15?,19?/m1/s1. The molecule has 0 radical (unpaired) electrons. The van der Waals surface area contributed by atoms with Crippen molar-refractivity contribution >= 4 is 17.5 Å². The zero-order valence-electron chi connectivity index (χ0n) is 15.0. The molecule has 4 fully saturated rings. The Morgan fingerprint density at radius 1 is 1.31 bits per heavy atom. The molecule has 2 aromatic rings. The maximum atomic E-state index is 13.4. The number of thioether (sulfide) groups is 1. The molecule has 4 aliphatic rings. The van der Waals surface area contributed by atoms with E-state index >= 15 is 0 Å². The molecular weight excluding hydrogens is 348 g/mol. The van der Waals surface area contributed by atoms with Crippen molar-refractivity contribution in [2.24, 2.45) is 23.2 Å². The summed E-state index contributed by atoms with van der Waals surface area (Å²) in [5.74, 6) is 3.58. The number of tetrazole rings is 1. The van der Waals surface area contributed by atoms with Gasteiger partial charge in [-0.15, -0.1) is 5.10 Å². The smallest absolute Gasteiger partial charge is 0.210 e. The highest BCUT2D eigenvalue weighted by molar-refractivity contribution is 8.00. The summed E-state index contributed by atoms with van der Waals surface area (Å²) in [5, 5.41) is 12.6. The molecule has 0 N–H and O–H groups in total. The Morgan fingerprint density at radius 2 is 2.00 bits per heavy atom. The minimum absolute atomic E-state index is 0.0690. The third-order valence-electron chi connectivity index (χ3n) is 6.60. The summed E-state index contributed by atoms with van der Waals surface area (Å²) in [6.45, 7) is 2.51. The summed E-state index contributed by atoms with van der Waals surface area (Å²) >= 11 is 1.49. The molecule has 0 aliphatic heterocycles. The highest BCUT2D eigenvalue weighted by Crippen LogP contribution is 2.61. The molecule has 0 aromatic carbocycles. The zero-order chi connectivity index (χ0) is 17.7. The fourth-order valence-corrected chi connectivity index (χ4v) is 6.97. The summed E-state index contributed by atoms with van der Waals surface area (Å²) in [5.41, 5.74) is -0.0690. The first-order chi connectivity index (χ1) is 12.6. The third-order valence-corrected chi connectivity index (χ3v) is 7.67. The normalized spacial score (nSPS) is 33.5. The van der Waals surface area contributed by atoms with Crippen molar-refractivity contribution in [2.45, 2.75) is 62.4 Å². The zero-order valence-corrected chi connectivity index (χ0v) is 15.8. The number of hydrogen-bond acceptors (Lipinski definition) is 6. The number of hydrogen-bond donors (Lipinski definition) is 0.